The zero-order valence-electron chi connectivity index (χ0n) is 25.1. The predicted molar refractivity (Wildman–Crippen MR) is 192 cm³/mol. The molecule has 47 heavy (non-hydrogen) atoms. The smallest absolute Gasteiger partial charge is 0.344 e. The Hall–Kier alpha value is -6.39. The van der Waals surface area contributed by atoms with E-state index in [1.54, 1.807) is 0 Å². The van der Waals surface area contributed by atoms with Crippen molar-refractivity contribution in [1.82, 2.24) is 4.57 Å². The topological polar surface area (TPSA) is 48.3 Å². The molecule has 0 amide bonds. The summed E-state index contributed by atoms with van der Waals surface area (Å²) in [7, 11) is 0. The maximum Gasteiger partial charge on any atom is 0.344 e. The molecule has 220 valence electrons. The first-order valence-electron chi connectivity index (χ1n) is 15.7. The molecule has 0 saturated carbocycles. The van der Waals surface area contributed by atoms with E-state index in [9.17, 15) is 4.79 Å². The minimum atomic E-state index is -0.347. The summed E-state index contributed by atoms with van der Waals surface area (Å²) >= 11 is 0. The summed E-state index contributed by atoms with van der Waals surface area (Å²) in [4.78, 5) is 14.0. The standard InChI is InChI=1S/C43H25NO3/c45-43-42-31(30-22-20-27(25-40(30)47-43)26-21-23-39-35(24-26)29-12-5-7-19-38(29)46-39)14-8-15-33(42)32-16-9-18-37-41(32)34-13-4-6-17-36(34)44(37)28-10-2-1-3-11-28/h1-25H. The molecule has 0 fully saturated rings. The van der Waals surface area contributed by atoms with E-state index in [0.29, 0.717) is 11.0 Å². The van der Waals surface area contributed by atoms with Crippen molar-refractivity contribution in [3.05, 3.63) is 162 Å². The van der Waals surface area contributed by atoms with Crippen LogP contribution in [0, 0.1) is 0 Å². The SMILES string of the molecule is O=c1oc2cc(-c3ccc4oc5ccccc5c4c3)ccc2c2cccc(-c3cccc4c3c3ccccc3n4-c3ccccc3)c12. The number of benzene rings is 7. The molecule has 4 heteroatoms. The molecule has 3 aromatic heterocycles. The summed E-state index contributed by atoms with van der Waals surface area (Å²) in [5.41, 5.74) is 9.10. The quantitative estimate of drug-likeness (QED) is 0.149. The molecule has 0 unspecified atom stereocenters. The average molecular weight is 604 g/mol. The van der Waals surface area contributed by atoms with Gasteiger partial charge in [-0.25, -0.2) is 4.79 Å². The molecule has 3 heterocycles. The van der Waals surface area contributed by atoms with Crippen LogP contribution in [0.25, 0.3) is 93.4 Å². The van der Waals surface area contributed by atoms with Crippen LogP contribution in [-0.2, 0) is 0 Å². The monoisotopic (exact) mass is 603 g/mol. The summed E-state index contributed by atoms with van der Waals surface area (Å²) in [6, 6.07) is 51.7. The second-order valence-electron chi connectivity index (χ2n) is 12.0. The summed E-state index contributed by atoms with van der Waals surface area (Å²) < 4.78 is 14.5. The largest absolute Gasteiger partial charge is 0.456 e. The van der Waals surface area contributed by atoms with E-state index in [1.165, 1.54) is 0 Å². The second kappa shape index (κ2) is 9.80. The van der Waals surface area contributed by atoms with Gasteiger partial charge in [-0.1, -0.05) is 97.1 Å². The predicted octanol–water partition coefficient (Wildman–Crippen LogP) is 11.3. The van der Waals surface area contributed by atoms with E-state index in [0.717, 1.165) is 82.5 Å². The fourth-order valence-electron chi connectivity index (χ4n) is 7.39. The van der Waals surface area contributed by atoms with Gasteiger partial charge in [0.1, 0.15) is 16.7 Å². The summed E-state index contributed by atoms with van der Waals surface area (Å²) in [6.07, 6.45) is 0. The third-order valence-corrected chi connectivity index (χ3v) is 9.46. The Kier molecular flexibility index (Phi) is 5.40. The number of para-hydroxylation sites is 3. The zero-order valence-corrected chi connectivity index (χ0v) is 25.1. The molecular formula is C43H25NO3. The zero-order chi connectivity index (χ0) is 31.1. The Balaban J connectivity index is 1.19. The van der Waals surface area contributed by atoms with Crippen molar-refractivity contribution in [2.24, 2.45) is 0 Å². The molecule has 0 atom stereocenters. The van der Waals surface area contributed by atoms with Crippen molar-refractivity contribution in [2.45, 2.75) is 0 Å². The third-order valence-electron chi connectivity index (χ3n) is 9.46. The molecule has 0 bridgehead atoms. The van der Waals surface area contributed by atoms with Gasteiger partial charge >= 0.3 is 5.63 Å². The molecule has 4 nitrogen and oxygen atoms in total. The summed E-state index contributed by atoms with van der Waals surface area (Å²) in [5, 5.41) is 6.75. The van der Waals surface area contributed by atoms with Gasteiger partial charge < -0.3 is 13.4 Å². The van der Waals surface area contributed by atoms with Gasteiger partial charge in [0.15, 0.2) is 0 Å². The van der Waals surface area contributed by atoms with Crippen molar-refractivity contribution in [3.63, 3.8) is 0 Å². The minimum Gasteiger partial charge on any atom is -0.456 e. The van der Waals surface area contributed by atoms with Gasteiger partial charge in [-0.2, -0.15) is 0 Å². The van der Waals surface area contributed by atoms with Gasteiger partial charge in [-0.15, -0.1) is 0 Å². The maximum absolute atomic E-state index is 14.0. The van der Waals surface area contributed by atoms with Crippen LogP contribution in [-0.4, -0.2) is 4.57 Å². The number of fused-ring (bicyclic) bond motifs is 9. The molecule has 7 aromatic carbocycles. The molecule has 0 radical (unpaired) electrons. The van der Waals surface area contributed by atoms with Crippen LogP contribution in [0.3, 0.4) is 0 Å². The minimum absolute atomic E-state index is 0.347. The number of rotatable bonds is 3. The lowest BCUT2D eigenvalue weighted by Crippen LogP contribution is -2.02. The Morgan fingerprint density at radius 1 is 0.404 bits per heavy atom. The van der Waals surface area contributed by atoms with Crippen LogP contribution in [0.15, 0.2) is 165 Å². The molecule has 0 aliphatic rings. The van der Waals surface area contributed by atoms with Crippen LogP contribution in [0.5, 0.6) is 0 Å². The van der Waals surface area contributed by atoms with E-state index in [1.807, 2.05) is 54.6 Å². The first kappa shape index (κ1) is 25.9. The second-order valence-corrected chi connectivity index (χ2v) is 12.0. The van der Waals surface area contributed by atoms with Crippen LogP contribution >= 0.6 is 0 Å². The van der Waals surface area contributed by atoms with Crippen LogP contribution < -0.4 is 5.63 Å². The van der Waals surface area contributed by atoms with E-state index in [-0.39, 0.29) is 5.63 Å². The van der Waals surface area contributed by atoms with Gasteiger partial charge in [0, 0.05) is 38.0 Å². The first-order chi connectivity index (χ1) is 23.2. The number of hydrogen-bond donors (Lipinski definition) is 0. The summed E-state index contributed by atoms with van der Waals surface area (Å²) in [5.74, 6) is 0. The first-order valence-corrected chi connectivity index (χ1v) is 15.7. The molecule has 10 aromatic rings. The highest BCUT2D eigenvalue weighted by atomic mass is 16.4. The fourth-order valence-corrected chi connectivity index (χ4v) is 7.39. The van der Waals surface area contributed by atoms with Crippen LogP contribution in [0.1, 0.15) is 0 Å². The highest BCUT2D eigenvalue weighted by Crippen LogP contribution is 2.41. The molecular weight excluding hydrogens is 578 g/mol. The molecule has 10 rings (SSSR count). The van der Waals surface area contributed by atoms with E-state index in [4.69, 9.17) is 8.83 Å². The van der Waals surface area contributed by atoms with E-state index < -0.39 is 0 Å². The van der Waals surface area contributed by atoms with Crippen molar-refractivity contribution >= 4 is 65.5 Å². The third kappa shape index (κ3) is 3.79. The molecule has 0 aliphatic heterocycles. The van der Waals surface area contributed by atoms with Crippen LogP contribution in [0.4, 0.5) is 0 Å². The van der Waals surface area contributed by atoms with Crippen molar-refractivity contribution < 1.29 is 8.83 Å². The van der Waals surface area contributed by atoms with Gasteiger partial charge in [-0.05, 0) is 76.9 Å². The average Bonchev–Trinajstić information content (AvgIpc) is 3.67. The Morgan fingerprint density at radius 3 is 1.94 bits per heavy atom. The Morgan fingerprint density at radius 2 is 1.04 bits per heavy atom. The van der Waals surface area contributed by atoms with Crippen molar-refractivity contribution in [3.8, 4) is 27.9 Å². The summed E-state index contributed by atoms with van der Waals surface area (Å²) in [6.45, 7) is 0. The van der Waals surface area contributed by atoms with Crippen LogP contribution in [0.2, 0.25) is 0 Å². The molecule has 0 aliphatic carbocycles. The Bertz CT molecular complexity index is 2930. The fraction of sp³-hybridized carbons (Fsp3) is 0. The van der Waals surface area contributed by atoms with Crippen molar-refractivity contribution in [1.29, 1.82) is 0 Å². The number of hydrogen-bond acceptors (Lipinski definition) is 3. The van der Waals surface area contributed by atoms with Gasteiger partial charge in [0.25, 0.3) is 0 Å². The lowest BCUT2D eigenvalue weighted by molar-refractivity contribution is 0.570. The number of aromatic nitrogens is 1. The van der Waals surface area contributed by atoms with E-state index >= 15 is 0 Å². The Labute approximate surface area is 268 Å². The molecule has 0 spiro atoms. The van der Waals surface area contributed by atoms with Gasteiger partial charge in [0.2, 0.25) is 0 Å². The lowest BCUT2D eigenvalue weighted by Gasteiger charge is -2.11. The number of nitrogens with zero attached hydrogens (tertiary/aromatic N) is 1. The lowest BCUT2D eigenvalue weighted by atomic mass is 9.94. The highest BCUT2D eigenvalue weighted by Gasteiger charge is 2.19. The molecule has 0 saturated heterocycles. The van der Waals surface area contributed by atoms with Crippen molar-refractivity contribution in [2.75, 3.05) is 0 Å². The van der Waals surface area contributed by atoms with E-state index in [2.05, 4.69) is 102 Å². The van der Waals surface area contributed by atoms with Gasteiger partial charge in [0.05, 0.1) is 16.4 Å². The number of furan rings is 1. The van der Waals surface area contributed by atoms with Gasteiger partial charge in [-0.3, -0.25) is 0 Å². The normalized spacial score (nSPS) is 11.9. The molecule has 0 N–H and O–H groups in total. The maximum atomic E-state index is 14.0. The highest BCUT2D eigenvalue weighted by molar-refractivity contribution is 6.19.